The molecule has 1 unspecified atom stereocenters. The highest BCUT2D eigenvalue weighted by Crippen LogP contribution is 2.31. The first-order valence-electron chi connectivity index (χ1n) is 8.31. The molecule has 0 bridgehead atoms. The van der Waals surface area contributed by atoms with Crippen molar-refractivity contribution >= 4 is 0 Å². The molecule has 0 spiro atoms. The van der Waals surface area contributed by atoms with Gasteiger partial charge in [0.05, 0.1) is 24.2 Å². The fourth-order valence-corrected chi connectivity index (χ4v) is 3.15. The lowest BCUT2D eigenvalue weighted by Gasteiger charge is -2.14. The predicted molar refractivity (Wildman–Crippen MR) is 94.8 cm³/mol. The third-order valence-corrected chi connectivity index (χ3v) is 4.41. The fourth-order valence-electron chi connectivity index (χ4n) is 3.15. The van der Waals surface area contributed by atoms with Crippen LogP contribution in [0, 0.1) is 0 Å². The quantitative estimate of drug-likeness (QED) is 0.555. The van der Waals surface area contributed by atoms with Gasteiger partial charge in [0.15, 0.2) is 0 Å². The molecule has 0 aliphatic rings. The van der Waals surface area contributed by atoms with Crippen LogP contribution in [0.25, 0.3) is 22.6 Å². The molecule has 1 atom stereocenters. The Hall–Kier alpha value is -3.15. The summed E-state index contributed by atoms with van der Waals surface area (Å²) in [6.45, 7) is 2.13. The van der Waals surface area contributed by atoms with Crippen LogP contribution >= 0.6 is 0 Å². The topological polar surface area (TPSA) is 61.7 Å². The smallest absolute Gasteiger partial charge is 0.134 e. The highest BCUT2D eigenvalue weighted by atomic mass is 16.3. The van der Waals surface area contributed by atoms with Crippen molar-refractivity contribution in [3.05, 3.63) is 66.8 Å². The van der Waals surface area contributed by atoms with E-state index < -0.39 is 0 Å². The first-order chi connectivity index (χ1) is 12.3. The molecule has 0 fully saturated rings. The number of rotatable bonds is 5. The predicted octanol–water partition coefficient (Wildman–Crippen LogP) is 3.94. The van der Waals surface area contributed by atoms with Gasteiger partial charge in [-0.2, -0.15) is 5.10 Å². The van der Waals surface area contributed by atoms with Crippen molar-refractivity contribution in [3.63, 3.8) is 0 Å². The second kappa shape index (κ2) is 6.39. The highest BCUT2D eigenvalue weighted by Gasteiger charge is 2.19. The Morgan fingerprint density at radius 3 is 2.60 bits per heavy atom. The maximum Gasteiger partial charge on any atom is 0.134 e. The average molecular weight is 333 g/mol. The standard InChI is InChI=1S/C19H19N5O/c1-3-17(18-10-11-20-23(18)2)24-13-16(21-22-24)14-7-4-5-8-15(14)19-9-6-12-25-19/h4-13,17H,3H2,1-2H3. The van der Waals surface area contributed by atoms with Crippen LogP contribution in [-0.4, -0.2) is 24.8 Å². The van der Waals surface area contributed by atoms with Crippen molar-refractivity contribution in [1.29, 1.82) is 0 Å². The van der Waals surface area contributed by atoms with Gasteiger partial charge in [-0.1, -0.05) is 36.4 Å². The first-order valence-corrected chi connectivity index (χ1v) is 8.31. The highest BCUT2D eigenvalue weighted by molar-refractivity contribution is 5.78. The van der Waals surface area contributed by atoms with E-state index in [9.17, 15) is 0 Å². The molecule has 3 aromatic heterocycles. The molecule has 0 N–H and O–H groups in total. The van der Waals surface area contributed by atoms with E-state index in [0.29, 0.717) is 0 Å². The number of benzene rings is 1. The van der Waals surface area contributed by atoms with Crippen molar-refractivity contribution < 1.29 is 4.42 Å². The molecule has 0 aliphatic heterocycles. The monoisotopic (exact) mass is 333 g/mol. The lowest BCUT2D eigenvalue weighted by Crippen LogP contribution is -2.14. The summed E-state index contributed by atoms with van der Waals surface area (Å²) >= 11 is 0. The van der Waals surface area contributed by atoms with E-state index >= 15 is 0 Å². The summed E-state index contributed by atoms with van der Waals surface area (Å²) in [5.74, 6) is 0.823. The Kier molecular flexibility index (Phi) is 3.93. The summed E-state index contributed by atoms with van der Waals surface area (Å²) in [4.78, 5) is 0. The minimum atomic E-state index is 0.101. The van der Waals surface area contributed by atoms with E-state index in [2.05, 4.69) is 22.3 Å². The van der Waals surface area contributed by atoms with E-state index in [1.807, 2.05) is 71.3 Å². The van der Waals surface area contributed by atoms with Crippen LogP contribution in [0.5, 0.6) is 0 Å². The second-order valence-electron chi connectivity index (χ2n) is 5.91. The lowest BCUT2D eigenvalue weighted by atomic mass is 10.0. The van der Waals surface area contributed by atoms with Crippen LogP contribution in [0.15, 0.2) is 65.5 Å². The van der Waals surface area contributed by atoms with Gasteiger partial charge in [-0.25, -0.2) is 4.68 Å². The Morgan fingerprint density at radius 1 is 1.08 bits per heavy atom. The van der Waals surface area contributed by atoms with Crippen molar-refractivity contribution in [3.8, 4) is 22.6 Å². The Balaban J connectivity index is 1.74. The van der Waals surface area contributed by atoms with Gasteiger partial charge in [0.25, 0.3) is 0 Å². The first kappa shape index (κ1) is 15.4. The summed E-state index contributed by atoms with van der Waals surface area (Å²) in [6.07, 6.45) is 6.38. The molecular weight excluding hydrogens is 314 g/mol. The molecule has 126 valence electrons. The molecule has 4 aromatic rings. The molecule has 0 radical (unpaired) electrons. The maximum atomic E-state index is 5.57. The van der Waals surface area contributed by atoms with Gasteiger partial charge in [0.2, 0.25) is 0 Å². The summed E-state index contributed by atoms with van der Waals surface area (Å²) in [7, 11) is 1.95. The van der Waals surface area contributed by atoms with E-state index in [0.717, 1.165) is 34.7 Å². The molecule has 4 rings (SSSR count). The fraction of sp³-hybridized carbons (Fsp3) is 0.211. The van der Waals surface area contributed by atoms with E-state index in [-0.39, 0.29) is 6.04 Å². The number of hydrogen-bond acceptors (Lipinski definition) is 4. The van der Waals surface area contributed by atoms with Gasteiger partial charge in [-0.05, 0) is 24.6 Å². The Morgan fingerprint density at radius 2 is 1.92 bits per heavy atom. The van der Waals surface area contributed by atoms with Crippen molar-refractivity contribution in [2.45, 2.75) is 19.4 Å². The van der Waals surface area contributed by atoms with Gasteiger partial charge in [0, 0.05) is 24.4 Å². The third kappa shape index (κ3) is 2.76. The number of aromatic nitrogens is 5. The SMILES string of the molecule is CCC(c1ccnn1C)n1cc(-c2ccccc2-c2ccco2)nn1. The summed E-state index contributed by atoms with van der Waals surface area (Å²) in [5.41, 5.74) is 3.95. The molecule has 0 saturated heterocycles. The van der Waals surface area contributed by atoms with Crippen LogP contribution < -0.4 is 0 Å². The van der Waals surface area contributed by atoms with Crippen LogP contribution in [0.2, 0.25) is 0 Å². The molecule has 0 amide bonds. The Labute approximate surface area is 145 Å². The van der Waals surface area contributed by atoms with Crippen LogP contribution in [0.3, 0.4) is 0 Å². The zero-order valence-corrected chi connectivity index (χ0v) is 14.2. The molecule has 6 nitrogen and oxygen atoms in total. The molecular formula is C19H19N5O. The van der Waals surface area contributed by atoms with Gasteiger partial charge in [-0.15, -0.1) is 5.10 Å². The molecule has 1 aromatic carbocycles. The summed E-state index contributed by atoms with van der Waals surface area (Å²) < 4.78 is 9.35. The van der Waals surface area contributed by atoms with E-state index in [1.165, 1.54) is 0 Å². The second-order valence-corrected chi connectivity index (χ2v) is 5.91. The number of nitrogens with zero attached hydrogens (tertiary/aromatic N) is 5. The van der Waals surface area contributed by atoms with Crippen molar-refractivity contribution in [2.24, 2.45) is 7.05 Å². The lowest BCUT2D eigenvalue weighted by molar-refractivity contribution is 0.462. The zero-order valence-electron chi connectivity index (χ0n) is 14.2. The molecule has 0 aliphatic carbocycles. The van der Waals surface area contributed by atoms with E-state index in [1.54, 1.807) is 6.26 Å². The van der Waals surface area contributed by atoms with E-state index in [4.69, 9.17) is 4.42 Å². The Bertz CT molecular complexity index is 967. The van der Waals surface area contributed by atoms with Crippen LogP contribution in [-0.2, 0) is 7.05 Å². The van der Waals surface area contributed by atoms with Crippen molar-refractivity contribution in [1.82, 2.24) is 24.8 Å². The van der Waals surface area contributed by atoms with Gasteiger partial charge >= 0.3 is 0 Å². The minimum Gasteiger partial charge on any atom is -0.464 e. The maximum absolute atomic E-state index is 5.57. The van der Waals surface area contributed by atoms with Gasteiger partial charge in [-0.3, -0.25) is 4.68 Å². The van der Waals surface area contributed by atoms with Gasteiger partial charge < -0.3 is 4.42 Å². The number of furan rings is 1. The third-order valence-electron chi connectivity index (χ3n) is 4.41. The van der Waals surface area contributed by atoms with Gasteiger partial charge in [0.1, 0.15) is 11.5 Å². The summed E-state index contributed by atoms with van der Waals surface area (Å²) in [6, 6.07) is 14.0. The molecule has 3 heterocycles. The van der Waals surface area contributed by atoms with Crippen LogP contribution in [0.1, 0.15) is 25.1 Å². The van der Waals surface area contributed by atoms with Crippen molar-refractivity contribution in [2.75, 3.05) is 0 Å². The molecule has 0 saturated carbocycles. The summed E-state index contributed by atoms with van der Waals surface area (Å²) in [5, 5.41) is 13.1. The number of aryl methyl sites for hydroxylation is 1. The molecule has 25 heavy (non-hydrogen) atoms. The molecule has 6 heteroatoms. The van der Waals surface area contributed by atoms with Crippen LogP contribution in [0.4, 0.5) is 0 Å². The normalized spacial score (nSPS) is 12.4. The zero-order chi connectivity index (χ0) is 17.2. The number of hydrogen-bond donors (Lipinski definition) is 0. The minimum absolute atomic E-state index is 0.101. The average Bonchev–Trinajstić information content (AvgIpc) is 3.38. The largest absolute Gasteiger partial charge is 0.464 e.